The van der Waals surface area contributed by atoms with Crippen molar-refractivity contribution in [2.75, 3.05) is 0 Å². The molecule has 7 nitrogen and oxygen atoms in total. The van der Waals surface area contributed by atoms with Gasteiger partial charge in [0.25, 0.3) is 0 Å². The third kappa shape index (κ3) is 1.72. The molecule has 2 heterocycles. The molecule has 7 heteroatoms. The molecule has 0 atom stereocenters. The summed E-state index contributed by atoms with van der Waals surface area (Å²) in [5.41, 5.74) is 1.71. The van der Waals surface area contributed by atoms with Crippen LogP contribution in [0, 0.1) is 11.3 Å². The van der Waals surface area contributed by atoms with Gasteiger partial charge in [-0.05, 0) is 23.4 Å². The zero-order valence-corrected chi connectivity index (χ0v) is 9.06. The minimum absolute atomic E-state index is 0.367. The number of hydrogen-bond donors (Lipinski definition) is 0. The molecule has 0 N–H and O–H groups in total. The Kier molecular flexibility index (Phi) is 2.32. The van der Waals surface area contributed by atoms with E-state index in [0.29, 0.717) is 22.8 Å². The number of hydrogen-bond acceptors (Lipinski definition) is 6. The molecule has 0 saturated heterocycles. The molecule has 0 aliphatic carbocycles. The summed E-state index contributed by atoms with van der Waals surface area (Å²) in [6.07, 6.45) is 1.44. The highest BCUT2D eigenvalue weighted by Crippen LogP contribution is 2.12. The fourth-order valence-electron chi connectivity index (χ4n) is 1.45. The summed E-state index contributed by atoms with van der Waals surface area (Å²) in [4.78, 5) is 1.34. The summed E-state index contributed by atoms with van der Waals surface area (Å²) < 4.78 is 4.71. The maximum atomic E-state index is 8.83. The Bertz CT molecular complexity index is 709. The molecule has 0 amide bonds. The highest BCUT2D eigenvalue weighted by molar-refractivity contribution is 5.46. The SMILES string of the molecule is N#Cc1cccc(-n2nnc(-c3ccon3)n2)c1. The maximum absolute atomic E-state index is 8.83. The Morgan fingerprint density at radius 3 is 3.00 bits per heavy atom. The molecule has 0 aliphatic rings. The molecule has 18 heavy (non-hydrogen) atoms. The summed E-state index contributed by atoms with van der Waals surface area (Å²) in [6, 6.07) is 10.6. The van der Waals surface area contributed by atoms with Crippen molar-refractivity contribution >= 4 is 0 Å². The van der Waals surface area contributed by atoms with Crippen LogP contribution in [0.4, 0.5) is 0 Å². The van der Waals surface area contributed by atoms with Crippen molar-refractivity contribution in [3.63, 3.8) is 0 Å². The number of nitrogens with zero attached hydrogens (tertiary/aromatic N) is 6. The van der Waals surface area contributed by atoms with E-state index in [4.69, 9.17) is 9.78 Å². The van der Waals surface area contributed by atoms with E-state index in [9.17, 15) is 0 Å². The van der Waals surface area contributed by atoms with E-state index in [1.165, 1.54) is 11.1 Å². The third-order valence-electron chi connectivity index (χ3n) is 2.29. The highest BCUT2D eigenvalue weighted by atomic mass is 16.5. The van der Waals surface area contributed by atoms with Crippen molar-refractivity contribution in [2.24, 2.45) is 0 Å². The molecule has 0 aliphatic heterocycles. The molecule has 0 spiro atoms. The van der Waals surface area contributed by atoms with Gasteiger partial charge in [0.1, 0.15) is 6.26 Å². The number of nitriles is 1. The standard InChI is InChI=1S/C11H6N6O/c12-7-8-2-1-3-9(6-8)17-14-11(13-16-17)10-4-5-18-15-10/h1-6H. The Morgan fingerprint density at radius 1 is 1.28 bits per heavy atom. The Morgan fingerprint density at radius 2 is 2.22 bits per heavy atom. The van der Waals surface area contributed by atoms with Gasteiger partial charge in [-0.3, -0.25) is 0 Å². The summed E-state index contributed by atoms with van der Waals surface area (Å²) in [5.74, 6) is 0.367. The zero-order chi connectivity index (χ0) is 12.4. The second-order valence-corrected chi connectivity index (χ2v) is 3.45. The number of tetrazole rings is 1. The zero-order valence-electron chi connectivity index (χ0n) is 9.06. The molecule has 86 valence electrons. The van der Waals surface area contributed by atoms with Gasteiger partial charge in [0.15, 0.2) is 5.69 Å². The summed E-state index contributed by atoms with van der Waals surface area (Å²) in [5, 5.41) is 24.5. The number of aromatic nitrogens is 5. The van der Waals surface area contributed by atoms with Crippen LogP contribution in [0.15, 0.2) is 41.1 Å². The molecular weight excluding hydrogens is 232 g/mol. The van der Waals surface area contributed by atoms with E-state index >= 15 is 0 Å². The second-order valence-electron chi connectivity index (χ2n) is 3.45. The lowest BCUT2D eigenvalue weighted by atomic mass is 10.2. The molecule has 0 unspecified atom stereocenters. The van der Waals surface area contributed by atoms with Crippen molar-refractivity contribution in [1.29, 1.82) is 5.26 Å². The van der Waals surface area contributed by atoms with Gasteiger partial charge in [0, 0.05) is 6.07 Å². The average Bonchev–Trinajstić information content (AvgIpc) is 3.09. The first-order valence-corrected chi connectivity index (χ1v) is 5.08. The van der Waals surface area contributed by atoms with E-state index < -0.39 is 0 Å². The van der Waals surface area contributed by atoms with Crippen LogP contribution in [0.3, 0.4) is 0 Å². The molecule has 1 aromatic carbocycles. The molecule has 3 rings (SSSR count). The molecule has 0 radical (unpaired) electrons. The van der Waals surface area contributed by atoms with Crippen LogP contribution in [-0.2, 0) is 0 Å². The van der Waals surface area contributed by atoms with Crippen molar-refractivity contribution in [2.45, 2.75) is 0 Å². The predicted molar refractivity (Wildman–Crippen MR) is 59.4 cm³/mol. The van der Waals surface area contributed by atoms with Gasteiger partial charge in [-0.15, -0.1) is 15.0 Å². The van der Waals surface area contributed by atoms with E-state index in [1.807, 2.05) is 0 Å². The minimum atomic E-state index is 0.367. The van der Waals surface area contributed by atoms with Gasteiger partial charge in [-0.25, -0.2) is 0 Å². The normalized spacial score (nSPS) is 10.2. The quantitative estimate of drug-likeness (QED) is 0.665. The third-order valence-corrected chi connectivity index (χ3v) is 2.29. The van der Waals surface area contributed by atoms with Crippen LogP contribution in [-0.4, -0.2) is 25.4 Å². The van der Waals surface area contributed by atoms with Crippen LogP contribution in [0.5, 0.6) is 0 Å². The lowest BCUT2D eigenvalue weighted by Gasteiger charge is -1.97. The Hall–Kier alpha value is -3.01. The monoisotopic (exact) mass is 238 g/mol. The lowest BCUT2D eigenvalue weighted by Crippen LogP contribution is -1.99. The van der Waals surface area contributed by atoms with Crippen LogP contribution in [0.25, 0.3) is 17.2 Å². The van der Waals surface area contributed by atoms with Gasteiger partial charge in [0.2, 0.25) is 5.82 Å². The summed E-state index contributed by atoms with van der Waals surface area (Å²) in [6.45, 7) is 0. The molecule has 0 fully saturated rings. The smallest absolute Gasteiger partial charge is 0.227 e. The lowest BCUT2D eigenvalue weighted by molar-refractivity contribution is 0.422. The highest BCUT2D eigenvalue weighted by Gasteiger charge is 2.09. The van der Waals surface area contributed by atoms with Crippen molar-refractivity contribution in [1.82, 2.24) is 25.4 Å². The van der Waals surface area contributed by atoms with Gasteiger partial charge >= 0.3 is 0 Å². The predicted octanol–water partition coefficient (Wildman–Crippen LogP) is 1.19. The molecule has 3 aromatic rings. The first-order chi connectivity index (χ1) is 8.86. The van der Waals surface area contributed by atoms with Gasteiger partial charge < -0.3 is 4.52 Å². The largest absolute Gasteiger partial charge is 0.364 e. The van der Waals surface area contributed by atoms with Gasteiger partial charge in [-0.1, -0.05) is 11.2 Å². The molecule has 0 saturated carbocycles. The van der Waals surface area contributed by atoms with Gasteiger partial charge in [-0.2, -0.15) is 5.26 Å². The Labute approximate surface area is 101 Å². The van der Waals surface area contributed by atoms with Crippen LogP contribution in [0.1, 0.15) is 5.56 Å². The number of rotatable bonds is 2. The van der Waals surface area contributed by atoms with E-state index in [1.54, 1.807) is 30.3 Å². The van der Waals surface area contributed by atoms with Gasteiger partial charge in [0.05, 0.1) is 17.3 Å². The first-order valence-electron chi connectivity index (χ1n) is 5.08. The number of benzene rings is 1. The van der Waals surface area contributed by atoms with E-state index in [0.717, 1.165) is 0 Å². The molecular formula is C11H6N6O. The van der Waals surface area contributed by atoms with E-state index in [2.05, 4.69) is 26.6 Å². The average molecular weight is 238 g/mol. The van der Waals surface area contributed by atoms with E-state index in [-0.39, 0.29) is 0 Å². The van der Waals surface area contributed by atoms with Crippen molar-refractivity contribution in [3.8, 4) is 23.3 Å². The Balaban J connectivity index is 2.01. The van der Waals surface area contributed by atoms with Crippen molar-refractivity contribution in [3.05, 3.63) is 42.2 Å². The molecule has 0 bridgehead atoms. The van der Waals surface area contributed by atoms with Crippen LogP contribution < -0.4 is 0 Å². The maximum Gasteiger partial charge on any atom is 0.227 e. The fraction of sp³-hybridized carbons (Fsp3) is 0. The fourth-order valence-corrected chi connectivity index (χ4v) is 1.45. The summed E-state index contributed by atoms with van der Waals surface area (Å²) in [7, 11) is 0. The topological polar surface area (TPSA) is 93.4 Å². The van der Waals surface area contributed by atoms with Crippen LogP contribution in [0.2, 0.25) is 0 Å². The summed E-state index contributed by atoms with van der Waals surface area (Å²) >= 11 is 0. The van der Waals surface area contributed by atoms with Crippen LogP contribution >= 0.6 is 0 Å². The second kappa shape index (κ2) is 4.10. The van der Waals surface area contributed by atoms with Crippen molar-refractivity contribution < 1.29 is 4.52 Å². The minimum Gasteiger partial charge on any atom is -0.364 e. The molecule has 2 aromatic heterocycles. The first kappa shape index (κ1) is 10.2.